The minimum Gasteiger partial charge on any atom is -0.508 e. The second-order valence-corrected chi connectivity index (χ2v) is 6.11. The molecule has 3 nitrogen and oxygen atoms in total. The molecule has 0 saturated carbocycles. The molecule has 0 fully saturated rings. The smallest absolute Gasteiger partial charge is 0.416 e. The number of anilines is 1. The van der Waals surface area contributed by atoms with Crippen molar-refractivity contribution in [2.75, 3.05) is 18.5 Å². The molecule has 0 bridgehead atoms. The van der Waals surface area contributed by atoms with Gasteiger partial charge in [0.2, 0.25) is 0 Å². The number of hydrogen-bond donors (Lipinski definition) is 2. The second-order valence-electron chi connectivity index (χ2n) is 5.30. The standard InChI is InChI=1S/C17H16Cl2F3NO2/c18-14-9-13(24)10-15(19)16(14)25-8-2-1-7-23-12-5-3-11(4-6-12)17(20,21)22/h3-6,9-10,23-24H,1-2,7-8H2. The van der Waals surface area contributed by atoms with Gasteiger partial charge in [-0.2, -0.15) is 13.2 Å². The zero-order valence-corrected chi connectivity index (χ0v) is 14.5. The number of alkyl halides is 3. The molecule has 136 valence electrons. The summed E-state index contributed by atoms with van der Waals surface area (Å²) in [6.07, 6.45) is -2.89. The Bertz CT molecular complexity index is 683. The molecule has 25 heavy (non-hydrogen) atoms. The summed E-state index contributed by atoms with van der Waals surface area (Å²) in [7, 11) is 0. The van der Waals surface area contributed by atoms with E-state index in [1.54, 1.807) is 0 Å². The number of benzene rings is 2. The summed E-state index contributed by atoms with van der Waals surface area (Å²) in [5.74, 6) is 0.278. The molecule has 0 aromatic heterocycles. The van der Waals surface area contributed by atoms with Crippen LogP contribution in [0.5, 0.6) is 11.5 Å². The van der Waals surface area contributed by atoms with Gasteiger partial charge in [0.1, 0.15) is 5.75 Å². The van der Waals surface area contributed by atoms with Crippen LogP contribution in [0.3, 0.4) is 0 Å². The van der Waals surface area contributed by atoms with Crippen LogP contribution in [0.15, 0.2) is 36.4 Å². The summed E-state index contributed by atoms with van der Waals surface area (Å²) >= 11 is 11.9. The van der Waals surface area contributed by atoms with Crippen molar-refractivity contribution in [3.63, 3.8) is 0 Å². The van der Waals surface area contributed by atoms with Crippen LogP contribution >= 0.6 is 23.2 Å². The number of unbranched alkanes of at least 4 members (excludes halogenated alkanes) is 1. The first-order valence-electron chi connectivity index (χ1n) is 7.49. The zero-order valence-electron chi connectivity index (χ0n) is 13.0. The molecule has 0 saturated heterocycles. The van der Waals surface area contributed by atoms with E-state index < -0.39 is 11.7 Å². The molecular formula is C17H16Cl2F3NO2. The second kappa shape index (κ2) is 8.54. The molecular weight excluding hydrogens is 378 g/mol. The van der Waals surface area contributed by atoms with Gasteiger partial charge in [0.05, 0.1) is 22.2 Å². The first-order chi connectivity index (χ1) is 11.8. The normalized spacial score (nSPS) is 11.4. The number of aromatic hydroxyl groups is 1. The summed E-state index contributed by atoms with van der Waals surface area (Å²) in [6, 6.07) is 7.56. The monoisotopic (exact) mass is 393 g/mol. The summed E-state index contributed by atoms with van der Waals surface area (Å²) in [6.45, 7) is 0.963. The van der Waals surface area contributed by atoms with Crippen LogP contribution in [0.1, 0.15) is 18.4 Å². The van der Waals surface area contributed by atoms with Gasteiger partial charge >= 0.3 is 6.18 Å². The Balaban J connectivity index is 1.70. The summed E-state index contributed by atoms with van der Waals surface area (Å²) in [4.78, 5) is 0. The fourth-order valence-corrected chi connectivity index (χ4v) is 2.68. The average molecular weight is 394 g/mol. The van der Waals surface area contributed by atoms with E-state index in [-0.39, 0.29) is 15.8 Å². The molecule has 0 heterocycles. The number of phenolic OH excluding ortho intramolecular Hbond substituents is 1. The fraction of sp³-hybridized carbons (Fsp3) is 0.294. The molecule has 2 aromatic carbocycles. The summed E-state index contributed by atoms with van der Waals surface area (Å²) in [5, 5.41) is 12.8. The minimum absolute atomic E-state index is 0.0388. The molecule has 0 aliphatic rings. The Morgan fingerprint density at radius 3 is 2.16 bits per heavy atom. The first kappa shape index (κ1) is 19.5. The van der Waals surface area contributed by atoms with E-state index in [4.69, 9.17) is 27.9 Å². The maximum atomic E-state index is 12.5. The van der Waals surface area contributed by atoms with Crippen LogP contribution < -0.4 is 10.1 Å². The van der Waals surface area contributed by atoms with Crippen LogP contribution in [0.25, 0.3) is 0 Å². The molecule has 0 spiro atoms. The van der Waals surface area contributed by atoms with Crippen LogP contribution in [-0.2, 0) is 6.18 Å². The van der Waals surface area contributed by atoms with Crippen molar-refractivity contribution in [1.29, 1.82) is 0 Å². The molecule has 8 heteroatoms. The van der Waals surface area contributed by atoms with Crippen molar-refractivity contribution in [1.82, 2.24) is 0 Å². The van der Waals surface area contributed by atoms with Crippen LogP contribution in [-0.4, -0.2) is 18.3 Å². The quantitative estimate of drug-likeness (QED) is 0.567. The molecule has 0 aliphatic carbocycles. The maximum absolute atomic E-state index is 12.5. The van der Waals surface area contributed by atoms with Crippen molar-refractivity contribution in [3.8, 4) is 11.5 Å². The van der Waals surface area contributed by atoms with E-state index >= 15 is 0 Å². The topological polar surface area (TPSA) is 41.5 Å². The third-order valence-electron chi connectivity index (χ3n) is 3.34. The van der Waals surface area contributed by atoms with Gasteiger partial charge in [-0.3, -0.25) is 0 Å². The highest BCUT2D eigenvalue weighted by molar-refractivity contribution is 6.37. The molecule has 0 aliphatic heterocycles. The highest BCUT2D eigenvalue weighted by Gasteiger charge is 2.29. The zero-order chi connectivity index (χ0) is 18.4. The molecule has 2 aromatic rings. The number of rotatable bonds is 7. The van der Waals surface area contributed by atoms with Crippen molar-refractivity contribution in [2.24, 2.45) is 0 Å². The average Bonchev–Trinajstić information content (AvgIpc) is 2.52. The van der Waals surface area contributed by atoms with Gasteiger partial charge in [0, 0.05) is 24.4 Å². The van der Waals surface area contributed by atoms with E-state index in [0.717, 1.165) is 18.6 Å². The fourth-order valence-electron chi connectivity index (χ4n) is 2.10. The summed E-state index contributed by atoms with van der Waals surface area (Å²) < 4.78 is 42.9. The van der Waals surface area contributed by atoms with Gasteiger partial charge in [-0.05, 0) is 37.1 Å². The number of nitrogens with one attached hydrogen (secondary N) is 1. The van der Waals surface area contributed by atoms with Crippen molar-refractivity contribution < 1.29 is 23.0 Å². The lowest BCUT2D eigenvalue weighted by Crippen LogP contribution is -2.07. The van der Waals surface area contributed by atoms with Crippen LogP contribution in [0, 0.1) is 0 Å². The van der Waals surface area contributed by atoms with E-state index in [9.17, 15) is 18.3 Å². The van der Waals surface area contributed by atoms with Gasteiger partial charge in [0.15, 0.2) is 5.75 Å². The lowest BCUT2D eigenvalue weighted by molar-refractivity contribution is -0.137. The lowest BCUT2D eigenvalue weighted by Gasteiger charge is -2.11. The molecule has 0 unspecified atom stereocenters. The van der Waals surface area contributed by atoms with Crippen LogP contribution in [0.4, 0.5) is 18.9 Å². The van der Waals surface area contributed by atoms with E-state index in [1.165, 1.54) is 24.3 Å². The van der Waals surface area contributed by atoms with E-state index in [0.29, 0.717) is 31.0 Å². The number of halogens is 5. The third kappa shape index (κ3) is 5.90. The van der Waals surface area contributed by atoms with Crippen LogP contribution in [0.2, 0.25) is 10.0 Å². The highest BCUT2D eigenvalue weighted by atomic mass is 35.5. The van der Waals surface area contributed by atoms with Crippen molar-refractivity contribution in [3.05, 3.63) is 52.0 Å². The van der Waals surface area contributed by atoms with Crippen molar-refractivity contribution in [2.45, 2.75) is 19.0 Å². The number of phenols is 1. The Hall–Kier alpha value is -1.79. The Morgan fingerprint density at radius 1 is 1.00 bits per heavy atom. The molecule has 2 rings (SSSR count). The van der Waals surface area contributed by atoms with E-state index in [1.807, 2.05) is 0 Å². The number of hydrogen-bond acceptors (Lipinski definition) is 3. The molecule has 0 amide bonds. The first-order valence-corrected chi connectivity index (χ1v) is 8.25. The minimum atomic E-state index is -4.33. The Kier molecular flexibility index (Phi) is 6.67. The van der Waals surface area contributed by atoms with Gasteiger partial charge in [0.25, 0.3) is 0 Å². The predicted octanol–water partition coefficient (Wildman–Crippen LogP) is 5.99. The maximum Gasteiger partial charge on any atom is 0.416 e. The summed E-state index contributed by atoms with van der Waals surface area (Å²) in [5.41, 5.74) is -0.0485. The lowest BCUT2D eigenvalue weighted by atomic mass is 10.2. The molecule has 0 radical (unpaired) electrons. The predicted molar refractivity (Wildman–Crippen MR) is 92.8 cm³/mol. The van der Waals surface area contributed by atoms with Gasteiger partial charge in [-0.1, -0.05) is 23.2 Å². The Labute approximate surface area is 153 Å². The molecule has 0 atom stereocenters. The SMILES string of the molecule is Oc1cc(Cl)c(OCCCCNc2ccc(C(F)(F)F)cc2)c(Cl)c1. The van der Waals surface area contributed by atoms with Gasteiger partial charge < -0.3 is 15.2 Å². The third-order valence-corrected chi connectivity index (χ3v) is 3.90. The van der Waals surface area contributed by atoms with E-state index in [2.05, 4.69) is 5.32 Å². The Morgan fingerprint density at radius 2 is 1.60 bits per heavy atom. The van der Waals surface area contributed by atoms with Crippen molar-refractivity contribution >= 4 is 28.9 Å². The number of ether oxygens (including phenoxy) is 1. The van der Waals surface area contributed by atoms with Gasteiger partial charge in [-0.25, -0.2) is 0 Å². The highest BCUT2D eigenvalue weighted by Crippen LogP contribution is 2.36. The van der Waals surface area contributed by atoms with Gasteiger partial charge in [-0.15, -0.1) is 0 Å². The molecule has 2 N–H and O–H groups in total. The largest absolute Gasteiger partial charge is 0.508 e.